The number of thiophene rings is 1. The molecule has 3 heterocycles. The van der Waals surface area contributed by atoms with Gasteiger partial charge in [-0.25, -0.2) is 4.98 Å². The zero-order valence-corrected chi connectivity index (χ0v) is 15.2. The van der Waals surface area contributed by atoms with Crippen molar-refractivity contribution in [3.8, 4) is 0 Å². The van der Waals surface area contributed by atoms with Gasteiger partial charge in [-0.2, -0.15) is 0 Å². The first-order valence-electron chi connectivity index (χ1n) is 7.57. The number of aliphatic imine (C=N–C) groups is 1. The maximum atomic E-state index is 4.57. The summed E-state index contributed by atoms with van der Waals surface area (Å²) in [7, 11) is 1.79. The molecule has 5 nitrogen and oxygen atoms in total. The number of guanidine groups is 1. The molecule has 1 atom stereocenters. The van der Waals surface area contributed by atoms with Crippen LogP contribution in [0.1, 0.15) is 22.4 Å². The number of nitrogens with one attached hydrogen (secondary N) is 2. The molecule has 0 fully saturated rings. The van der Waals surface area contributed by atoms with Crippen LogP contribution >= 0.6 is 22.7 Å². The van der Waals surface area contributed by atoms with Crippen LogP contribution in [0.25, 0.3) is 4.96 Å². The third-order valence-corrected chi connectivity index (χ3v) is 5.28. The van der Waals surface area contributed by atoms with E-state index in [1.807, 2.05) is 33.5 Å². The molecule has 0 amide bonds. The molecule has 7 heteroatoms. The molecule has 0 aromatic carbocycles. The summed E-state index contributed by atoms with van der Waals surface area (Å²) in [6, 6.07) is 4.70. The van der Waals surface area contributed by atoms with Crippen molar-refractivity contribution < 1.29 is 0 Å². The lowest BCUT2D eigenvalue weighted by Crippen LogP contribution is -2.42. The van der Waals surface area contributed by atoms with E-state index >= 15 is 0 Å². The standard InChI is InChI=1S/C16H21N5S2/c1-11(8-14-5-4-12(2)23-14)19-15(17-3)18-9-13-10-21-6-7-22-16(21)20-13/h4-7,10-11H,8-9H2,1-3H3,(H2,17,18,19). The Morgan fingerprint density at radius 3 is 3.00 bits per heavy atom. The van der Waals surface area contributed by atoms with Gasteiger partial charge in [0.15, 0.2) is 10.9 Å². The molecule has 1 unspecified atom stereocenters. The van der Waals surface area contributed by atoms with Crippen molar-refractivity contribution in [3.05, 3.63) is 45.4 Å². The largest absolute Gasteiger partial charge is 0.354 e. The van der Waals surface area contributed by atoms with Gasteiger partial charge in [0, 0.05) is 47.0 Å². The minimum atomic E-state index is 0.324. The van der Waals surface area contributed by atoms with E-state index in [2.05, 4.69) is 46.6 Å². The maximum absolute atomic E-state index is 4.57. The smallest absolute Gasteiger partial charge is 0.193 e. The Morgan fingerprint density at radius 1 is 1.43 bits per heavy atom. The van der Waals surface area contributed by atoms with Gasteiger partial charge in [0.25, 0.3) is 0 Å². The number of imidazole rings is 1. The van der Waals surface area contributed by atoms with Crippen molar-refractivity contribution >= 4 is 33.6 Å². The molecule has 0 radical (unpaired) electrons. The molecular formula is C16H21N5S2. The number of aromatic nitrogens is 2. The van der Waals surface area contributed by atoms with Crippen molar-refractivity contribution in [3.63, 3.8) is 0 Å². The summed E-state index contributed by atoms with van der Waals surface area (Å²) < 4.78 is 2.04. The Labute approximate surface area is 144 Å². The van der Waals surface area contributed by atoms with E-state index in [0.29, 0.717) is 12.6 Å². The minimum Gasteiger partial charge on any atom is -0.354 e. The Kier molecular flexibility index (Phi) is 4.97. The first-order chi connectivity index (χ1) is 11.1. The van der Waals surface area contributed by atoms with Crippen LogP contribution < -0.4 is 10.6 Å². The fourth-order valence-corrected chi connectivity index (χ4v) is 4.15. The van der Waals surface area contributed by atoms with Crippen molar-refractivity contribution in [2.75, 3.05) is 7.05 Å². The molecular weight excluding hydrogens is 326 g/mol. The van der Waals surface area contributed by atoms with Gasteiger partial charge in [-0.1, -0.05) is 0 Å². The molecule has 3 rings (SSSR count). The summed E-state index contributed by atoms with van der Waals surface area (Å²) in [5, 5.41) is 8.80. The van der Waals surface area contributed by atoms with Gasteiger partial charge in [0.05, 0.1) is 12.2 Å². The molecule has 0 aliphatic carbocycles. The van der Waals surface area contributed by atoms with Crippen LogP contribution in [0.4, 0.5) is 0 Å². The van der Waals surface area contributed by atoms with Crippen LogP contribution in [0.2, 0.25) is 0 Å². The fourth-order valence-electron chi connectivity index (χ4n) is 2.41. The first-order valence-corrected chi connectivity index (χ1v) is 9.27. The van der Waals surface area contributed by atoms with Crippen LogP contribution in [0.3, 0.4) is 0 Å². The zero-order chi connectivity index (χ0) is 16.2. The van der Waals surface area contributed by atoms with Crippen LogP contribution in [-0.4, -0.2) is 28.4 Å². The average Bonchev–Trinajstić information content (AvgIpc) is 3.19. The summed E-state index contributed by atoms with van der Waals surface area (Å²) in [6.45, 7) is 4.98. The molecule has 0 saturated carbocycles. The number of aryl methyl sites for hydroxylation is 1. The Morgan fingerprint density at radius 2 is 2.30 bits per heavy atom. The highest BCUT2D eigenvalue weighted by molar-refractivity contribution is 7.15. The van der Waals surface area contributed by atoms with E-state index in [0.717, 1.165) is 23.0 Å². The fraction of sp³-hybridized carbons (Fsp3) is 0.375. The van der Waals surface area contributed by atoms with E-state index < -0.39 is 0 Å². The Hall–Kier alpha value is -1.86. The summed E-state index contributed by atoms with van der Waals surface area (Å²) in [5.41, 5.74) is 1.02. The number of hydrogen-bond donors (Lipinski definition) is 2. The molecule has 0 aliphatic heterocycles. The molecule has 23 heavy (non-hydrogen) atoms. The molecule has 0 saturated heterocycles. The quantitative estimate of drug-likeness (QED) is 0.551. The molecule has 122 valence electrons. The van der Waals surface area contributed by atoms with Gasteiger partial charge < -0.3 is 10.6 Å². The highest BCUT2D eigenvalue weighted by Crippen LogP contribution is 2.16. The molecule has 0 bridgehead atoms. The second-order valence-electron chi connectivity index (χ2n) is 5.51. The molecule has 2 N–H and O–H groups in total. The lowest BCUT2D eigenvalue weighted by Gasteiger charge is -2.17. The number of thiazole rings is 1. The molecule has 3 aromatic rings. The van der Waals surface area contributed by atoms with E-state index in [9.17, 15) is 0 Å². The van der Waals surface area contributed by atoms with Gasteiger partial charge in [0.1, 0.15) is 0 Å². The predicted molar refractivity (Wildman–Crippen MR) is 98.6 cm³/mol. The SMILES string of the molecule is CN=C(NCc1cn2ccsc2n1)NC(C)Cc1ccc(C)s1. The summed E-state index contributed by atoms with van der Waals surface area (Å²) in [5.74, 6) is 0.808. The van der Waals surface area contributed by atoms with Crippen LogP contribution in [0, 0.1) is 6.92 Å². The van der Waals surface area contributed by atoms with Crippen molar-refractivity contribution in [1.82, 2.24) is 20.0 Å². The molecule has 3 aromatic heterocycles. The van der Waals surface area contributed by atoms with E-state index in [-0.39, 0.29) is 0 Å². The van der Waals surface area contributed by atoms with Crippen LogP contribution in [0.15, 0.2) is 34.9 Å². The lowest BCUT2D eigenvalue weighted by atomic mass is 10.2. The van der Waals surface area contributed by atoms with E-state index in [4.69, 9.17) is 0 Å². The second kappa shape index (κ2) is 7.14. The Bertz CT molecular complexity index is 770. The third kappa shape index (κ3) is 4.11. The normalized spacial score (nSPS) is 13.4. The van der Waals surface area contributed by atoms with Gasteiger partial charge in [-0.05, 0) is 26.0 Å². The average molecular weight is 348 g/mol. The second-order valence-corrected chi connectivity index (χ2v) is 7.76. The summed E-state index contributed by atoms with van der Waals surface area (Å²) >= 11 is 3.49. The Balaban J connectivity index is 1.52. The predicted octanol–water partition coefficient (Wildman–Crippen LogP) is 3.06. The molecule has 0 aliphatic rings. The summed E-state index contributed by atoms with van der Waals surface area (Å²) in [4.78, 5) is 12.6. The third-order valence-electron chi connectivity index (χ3n) is 3.49. The monoisotopic (exact) mass is 347 g/mol. The lowest BCUT2D eigenvalue weighted by molar-refractivity contribution is 0.644. The van der Waals surface area contributed by atoms with Crippen molar-refractivity contribution in [1.29, 1.82) is 0 Å². The van der Waals surface area contributed by atoms with Gasteiger partial charge in [0.2, 0.25) is 0 Å². The van der Waals surface area contributed by atoms with E-state index in [1.54, 1.807) is 18.4 Å². The number of rotatable bonds is 5. The van der Waals surface area contributed by atoms with Gasteiger partial charge in [-0.3, -0.25) is 9.39 Å². The number of nitrogens with zero attached hydrogens (tertiary/aromatic N) is 3. The summed E-state index contributed by atoms with van der Waals surface area (Å²) in [6.07, 6.45) is 5.07. The van der Waals surface area contributed by atoms with E-state index in [1.165, 1.54) is 9.75 Å². The van der Waals surface area contributed by atoms with Crippen molar-refractivity contribution in [2.45, 2.75) is 32.9 Å². The highest BCUT2D eigenvalue weighted by atomic mass is 32.1. The number of hydrogen-bond acceptors (Lipinski definition) is 4. The minimum absolute atomic E-state index is 0.324. The van der Waals surface area contributed by atoms with Gasteiger partial charge >= 0.3 is 0 Å². The maximum Gasteiger partial charge on any atom is 0.193 e. The zero-order valence-electron chi connectivity index (χ0n) is 13.5. The van der Waals surface area contributed by atoms with Crippen LogP contribution in [-0.2, 0) is 13.0 Å². The van der Waals surface area contributed by atoms with Gasteiger partial charge in [-0.15, -0.1) is 22.7 Å². The topological polar surface area (TPSA) is 53.7 Å². The number of fused-ring (bicyclic) bond motifs is 1. The molecule has 0 spiro atoms. The first kappa shape index (κ1) is 16.0. The highest BCUT2D eigenvalue weighted by Gasteiger charge is 2.09. The van der Waals surface area contributed by atoms with Crippen molar-refractivity contribution in [2.24, 2.45) is 4.99 Å². The van der Waals surface area contributed by atoms with Crippen LogP contribution in [0.5, 0.6) is 0 Å².